The van der Waals surface area contributed by atoms with Crippen molar-refractivity contribution in [2.45, 2.75) is 19.3 Å². The normalized spacial score (nSPS) is 15.1. The van der Waals surface area contributed by atoms with E-state index in [0.29, 0.717) is 6.20 Å². The summed E-state index contributed by atoms with van der Waals surface area (Å²) in [5.74, 6) is 0. The van der Waals surface area contributed by atoms with Crippen molar-refractivity contribution in [2.24, 2.45) is 0 Å². The van der Waals surface area contributed by atoms with E-state index < -0.39 is 22.5 Å². The molecule has 0 aliphatic rings. The molecule has 1 rings (SSSR count). The van der Waals surface area contributed by atoms with Crippen molar-refractivity contribution in [3.63, 3.8) is 0 Å². The maximum absolute atomic E-state index is 12.1. The Balaban J connectivity index is 2.87. The summed E-state index contributed by atoms with van der Waals surface area (Å²) in [6.07, 6.45) is -4.18. The Kier molecular flexibility index (Phi) is 3.29. The molecular formula is C7H9F3N2O3S. The average Bonchev–Trinajstić information content (AvgIpc) is 2.46. The molecule has 9 heteroatoms. The van der Waals surface area contributed by atoms with Crippen LogP contribution in [0.25, 0.3) is 0 Å². The fourth-order valence-corrected chi connectivity index (χ4v) is 1.63. The second-order valence-electron chi connectivity index (χ2n) is 3.10. The van der Waals surface area contributed by atoms with Gasteiger partial charge in [0.2, 0.25) is 0 Å². The van der Waals surface area contributed by atoms with Crippen molar-refractivity contribution in [3.8, 4) is 0 Å². The highest BCUT2D eigenvalue weighted by Gasteiger charge is 2.32. The summed E-state index contributed by atoms with van der Waals surface area (Å²) in [5, 5.41) is 3.17. The summed E-state index contributed by atoms with van der Waals surface area (Å²) in [6, 6.07) is 1.04. The highest BCUT2D eigenvalue weighted by atomic mass is 32.2. The zero-order valence-electron chi connectivity index (χ0n) is 8.39. The van der Waals surface area contributed by atoms with Gasteiger partial charge in [-0.15, -0.1) is 13.2 Å². The molecule has 0 saturated carbocycles. The first kappa shape index (κ1) is 13.0. The van der Waals surface area contributed by atoms with E-state index in [1.165, 1.54) is 6.92 Å². The maximum Gasteiger partial charge on any atom is 0.504 e. The molecular weight excluding hydrogens is 249 g/mol. The van der Waals surface area contributed by atoms with Crippen LogP contribution in [0.2, 0.25) is 0 Å². The minimum absolute atomic E-state index is 0.109. The molecule has 0 saturated heterocycles. The molecule has 0 aromatic carbocycles. The lowest BCUT2D eigenvalue weighted by molar-refractivity contribution is -0.212. The number of halogens is 3. The van der Waals surface area contributed by atoms with E-state index in [1.807, 2.05) is 0 Å². The van der Waals surface area contributed by atoms with Gasteiger partial charge in [-0.3, -0.25) is 4.18 Å². The van der Waals surface area contributed by atoms with Crippen LogP contribution in [0.4, 0.5) is 13.2 Å². The quantitative estimate of drug-likeness (QED) is 0.769. The topological polar surface area (TPSA) is 61.2 Å². The summed E-state index contributed by atoms with van der Waals surface area (Å²) in [4.78, 5) is 0. The number of aromatic nitrogens is 2. The summed E-state index contributed by atoms with van der Waals surface area (Å²) in [7, 11) is -3.73. The van der Waals surface area contributed by atoms with Gasteiger partial charge in [-0.2, -0.15) is 18.2 Å². The predicted octanol–water partition coefficient (Wildman–Crippen LogP) is 1.40. The number of nitrogens with zero attached hydrogens (tertiary/aromatic N) is 2. The zero-order chi connectivity index (χ0) is 12.6. The lowest BCUT2D eigenvalue weighted by atomic mass is 10.3. The van der Waals surface area contributed by atoms with E-state index in [0.717, 1.165) is 12.3 Å². The standard InChI is InChI=1S/C7H9F3N2O3S/c1-5(15-16(2,13)14)6-3-4-12(11-6)7(8,9)10/h3-5H,1-2H3. The monoisotopic (exact) mass is 258 g/mol. The summed E-state index contributed by atoms with van der Waals surface area (Å²) >= 11 is 0. The molecule has 0 fully saturated rings. The third kappa shape index (κ3) is 3.49. The first-order valence-corrected chi connectivity index (χ1v) is 5.92. The average molecular weight is 258 g/mol. The van der Waals surface area contributed by atoms with Crippen LogP contribution in [0.3, 0.4) is 0 Å². The van der Waals surface area contributed by atoms with Gasteiger partial charge in [0, 0.05) is 6.20 Å². The maximum atomic E-state index is 12.1. The minimum atomic E-state index is -4.62. The van der Waals surface area contributed by atoms with E-state index >= 15 is 0 Å². The van der Waals surface area contributed by atoms with E-state index in [4.69, 9.17) is 0 Å². The number of rotatable bonds is 3. The Morgan fingerprint density at radius 2 is 2.06 bits per heavy atom. The van der Waals surface area contributed by atoms with Crippen LogP contribution in [0.15, 0.2) is 12.3 Å². The van der Waals surface area contributed by atoms with Crippen molar-refractivity contribution in [1.82, 2.24) is 9.78 Å². The molecule has 0 spiro atoms. The Morgan fingerprint density at radius 1 is 1.50 bits per heavy atom. The molecule has 0 aliphatic heterocycles. The highest BCUT2D eigenvalue weighted by molar-refractivity contribution is 7.86. The summed E-state index contributed by atoms with van der Waals surface area (Å²) in [6.45, 7) is 1.30. The minimum Gasteiger partial charge on any atom is -0.261 e. The molecule has 0 amide bonds. The largest absolute Gasteiger partial charge is 0.504 e. The third-order valence-electron chi connectivity index (χ3n) is 1.61. The predicted molar refractivity (Wildman–Crippen MR) is 47.9 cm³/mol. The Bertz CT molecular complexity index is 465. The van der Waals surface area contributed by atoms with E-state index in [-0.39, 0.29) is 10.4 Å². The number of hydrogen-bond acceptors (Lipinski definition) is 4. The van der Waals surface area contributed by atoms with Gasteiger partial charge in [0.15, 0.2) is 0 Å². The van der Waals surface area contributed by atoms with Gasteiger partial charge in [-0.1, -0.05) is 0 Å². The van der Waals surface area contributed by atoms with E-state index in [2.05, 4.69) is 9.28 Å². The molecule has 1 heterocycles. The van der Waals surface area contributed by atoms with Gasteiger partial charge in [-0.05, 0) is 13.0 Å². The van der Waals surface area contributed by atoms with Gasteiger partial charge in [0.1, 0.15) is 6.10 Å². The fourth-order valence-electron chi connectivity index (χ4n) is 1.01. The van der Waals surface area contributed by atoms with Gasteiger partial charge < -0.3 is 0 Å². The molecule has 16 heavy (non-hydrogen) atoms. The lowest BCUT2D eigenvalue weighted by Gasteiger charge is -2.08. The highest BCUT2D eigenvalue weighted by Crippen LogP contribution is 2.23. The molecule has 1 aromatic heterocycles. The zero-order valence-corrected chi connectivity index (χ0v) is 9.21. The Labute approximate surface area is 89.9 Å². The van der Waals surface area contributed by atoms with E-state index in [1.54, 1.807) is 0 Å². The second kappa shape index (κ2) is 4.06. The van der Waals surface area contributed by atoms with Crippen molar-refractivity contribution in [2.75, 3.05) is 6.26 Å². The molecule has 92 valence electrons. The van der Waals surface area contributed by atoms with Crippen LogP contribution in [-0.4, -0.2) is 24.5 Å². The molecule has 1 unspecified atom stereocenters. The van der Waals surface area contributed by atoms with Crippen LogP contribution in [0.1, 0.15) is 18.7 Å². The SMILES string of the molecule is CC(OS(C)(=O)=O)c1ccn(C(F)(F)F)n1. The second-order valence-corrected chi connectivity index (χ2v) is 4.70. The van der Waals surface area contributed by atoms with Crippen LogP contribution in [-0.2, 0) is 20.6 Å². The van der Waals surface area contributed by atoms with Crippen LogP contribution < -0.4 is 0 Å². The van der Waals surface area contributed by atoms with Gasteiger partial charge >= 0.3 is 6.30 Å². The number of hydrogen-bond donors (Lipinski definition) is 0. The van der Waals surface area contributed by atoms with Crippen molar-refractivity contribution >= 4 is 10.1 Å². The van der Waals surface area contributed by atoms with Gasteiger partial charge in [0.25, 0.3) is 10.1 Å². The third-order valence-corrected chi connectivity index (χ3v) is 2.24. The Hall–Kier alpha value is -1.09. The molecule has 5 nitrogen and oxygen atoms in total. The molecule has 1 atom stereocenters. The van der Waals surface area contributed by atoms with Crippen LogP contribution in [0.5, 0.6) is 0 Å². The van der Waals surface area contributed by atoms with E-state index in [9.17, 15) is 21.6 Å². The van der Waals surface area contributed by atoms with Gasteiger partial charge in [-0.25, -0.2) is 0 Å². The fraction of sp³-hybridized carbons (Fsp3) is 0.571. The molecule has 0 N–H and O–H groups in total. The van der Waals surface area contributed by atoms with Crippen LogP contribution >= 0.6 is 0 Å². The molecule has 0 aliphatic carbocycles. The summed E-state index contributed by atoms with van der Waals surface area (Å²) in [5.41, 5.74) is -0.109. The summed E-state index contributed by atoms with van der Waals surface area (Å²) < 4.78 is 62.2. The molecule has 1 aromatic rings. The number of alkyl halides is 3. The lowest BCUT2D eigenvalue weighted by Crippen LogP contribution is -2.18. The first-order chi connectivity index (χ1) is 7.09. The first-order valence-electron chi connectivity index (χ1n) is 4.10. The van der Waals surface area contributed by atoms with Gasteiger partial charge in [0.05, 0.1) is 11.9 Å². The van der Waals surface area contributed by atoms with Crippen molar-refractivity contribution in [1.29, 1.82) is 0 Å². The van der Waals surface area contributed by atoms with Crippen molar-refractivity contribution < 1.29 is 25.8 Å². The Morgan fingerprint density at radius 3 is 2.44 bits per heavy atom. The molecule has 0 radical (unpaired) electrons. The smallest absolute Gasteiger partial charge is 0.261 e. The van der Waals surface area contributed by atoms with Crippen LogP contribution in [0, 0.1) is 0 Å². The van der Waals surface area contributed by atoms with Crippen molar-refractivity contribution in [3.05, 3.63) is 18.0 Å². The molecule has 0 bridgehead atoms.